The van der Waals surface area contributed by atoms with Gasteiger partial charge in [-0.3, -0.25) is 4.79 Å². The standard InChI is InChI=1S/C10H11O2/c11-10(12)8-4-7-9-5-2-1-3-6-9/h2-3,5-6H,4,7-8H2,(H,11,12). The summed E-state index contributed by atoms with van der Waals surface area (Å²) < 4.78 is 0. The van der Waals surface area contributed by atoms with Gasteiger partial charge in [0.25, 0.3) is 0 Å². The summed E-state index contributed by atoms with van der Waals surface area (Å²) in [6.07, 6.45) is 1.79. The van der Waals surface area contributed by atoms with E-state index in [1.807, 2.05) is 24.3 Å². The topological polar surface area (TPSA) is 37.3 Å². The van der Waals surface area contributed by atoms with Crippen molar-refractivity contribution >= 4 is 5.97 Å². The van der Waals surface area contributed by atoms with Gasteiger partial charge in [-0.05, 0) is 24.5 Å². The van der Waals surface area contributed by atoms with Crippen LogP contribution in [-0.2, 0) is 11.2 Å². The van der Waals surface area contributed by atoms with Crippen LogP contribution in [0.25, 0.3) is 0 Å². The SMILES string of the molecule is O=C(O)CCCc1cc[c]cc1. The summed E-state index contributed by atoms with van der Waals surface area (Å²) in [6, 6.07) is 10.5. The molecule has 0 unspecified atom stereocenters. The quantitative estimate of drug-likeness (QED) is 0.736. The second-order valence-electron chi connectivity index (χ2n) is 2.66. The summed E-state index contributed by atoms with van der Waals surface area (Å²) in [6.45, 7) is 0. The molecule has 2 heteroatoms. The lowest BCUT2D eigenvalue weighted by Gasteiger charge is -1.97. The van der Waals surface area contributed by atoms with Gasteiger partial charge in [0.05, 0.1) is 0 Å². The minimum absolute atomic E-state index is 0.249. The molecule has 0 atom stereocenters. The summed E-state index contributed by atoms with van der Waals surface area (Å²) in [5.74, 6) is -0.725. The molecule has 1 aromatic rings. The summed E-state index contributed by atoms with van der Waals surface area (Å²) in [5.41, 5.74) is 1.18. The molecule has 63 valence electrons. The van der Waals surface area contributed by atoms with Gasteiger partial charge in [0.15, 0.2) is 0 Å². The minimum atomic E-state index is -0.725. The first-order valence-electron chi connectivity index (χ1n) is 3.96. The van der Waals surface area contributed by atoms with E-state index in [1.54, 1.807) is 0 Å². The van der Waals surface area contributed by atoms with Gasteiger partial charge < -0.3 is 5.11 Å². The lowest BCUT2D eigenvalue weighted by molar-refractivity contribution is -0.137. The molecule has 0 spiro atoms. The third-order valence-electron chi connectivity index (χ3n) is 1.64. The highest BCUT2D eigenvalue weighted by Crippen LogP contribution is 2.03. The number of hydrogen-bond donors (Lipinski definition) is 1. The number of aliphatic carboxylic acids is 1. The molecule has 0 aliphatic carbocycles. The Bertz CT molecular complexity index is 241. The normalized spacial score (nSPS) is 9.67. The first-order chi connectivity index (χ1) is 5.79. The zero-order chi connectivity index (χ0) is 8.81. The zero-order valence-corrected chi connectivity index (χ0v) is 6.79. The van der Waals surface area contributed by atoms with Crippen molar-refractivity contribution in [2.45, 2.75) is 19.3 Å². The number of hydrogen-bond acceptors (Lipinski definition) is 1. The molecule has 0 heterocycles. The number of aryl methyl sites for hydroxylation is 1. The van der Waals surface area contributed by atoms with Crippen LogP contribution in [0, 0.1) is 6.07 Å². The predicted molar refractivity (Wildman–Crippen MR) is 45.9 cm³/mol. The smallest absolute Gasteiger partial charge is 0.303 e. The van der Waals surface area contributed by atoms with Crippen molar-refractivity contribution in [3.8, 4) is 0 Å². The van der Waals surface area contributed by atoms with Crippen LogP contribution in [-0.4, -0.2) is 11.1 Å². The van der Waals surface area contributed by atoms with Crippen LogP contribution in [0.4, 0.5) is 0 Å². The third kappa shape index (κ3) is 3.19. The fraction of sp³-hybridized carbons (Fsp3) is 0.300. The Morgan fingerprint density at radius 3 is 2.67 bits per heavy atom. The second kappa shape index (κ2) is 4.54. The fourth-order valence-electron chi connectivity index (χ4n) is 1.03. The molecule has 0 aliphatic rings. The average molecular weight is 163 g/mol. The van der Waals surface area contributed by atoms with Gasteiger partial charge in [0, 0.05) is 6.42 Å². The lowest BCUT2D eigenvalue weighted by atomic mass is 10.1. The van der Waals surface area contributed by atoms with E-state index in [0.29, 0.717) is 6.42 Å². The summed E-state index contributed by atoms with van der Waals surface area (Å²) in [5, 5.41) is 8.39. The van der Waals surface area contributed by atoms with Crippen molar-refractivity contribution < 1.29 is 9.90 Å². The molecule has 2 nitrogen and oxygen atoms in total. The maximum absolute atomic E-state index is 10.2. The Balaban J connectivity index is 2.29. The largest absolute Gasteiger partial charge is 0.481 e. The van der Waals surface area contributed by atoms with E-state index in [4.69, 9.17) is 5.11 Å². The Morgan fingerprint density at radius 1 is 1.42 bits per heavy atom. The number of rotatable bonds is 4. The predicted octanol–water partition coefficient (Wildman–Crippen LogP) is 1.89. The van der Waals surface area contributed by atoms with Gasteiger partial charge >= 0.3 is 5.97 Å². The fourth-order valence-corrected chi connectivity index (χ4v) is 1.03. The Morgan fingerprint density at radius 2 is 2.08 bits per heavy atom. The highest BCUT2D eigenvalue weighted by atomic mass is 16.4. The first-order valence-corrected chi connectivity index (χ1v) is 3.96. The van der Waals surface area contributed by atoms with Gasteiger partial charge in [0.1, 0.15) is 0 Å². The first kappa shape index (κ1) is 8.78. The summed E-state index contributed by atoms with van der Waals surface area (Å²) >= 11 is 0. The van der Waals surface area contributed by atoms with E-state index in [-0.39, 0.29) is 6.42 Å². The highest BCUT2D eigenvalue weighted by molar-refractivity contribution is 5.66. The van der Waals surface area contributed by atoms with Crippen molar-refractivity contribution in [3.05, 3.63) is 35.9 Å². The molecule has 0 saturated heterocycles. The molecule has 0 aromatic heterocycles. The average Bonchev–Trinajstić information content (AvgIpc) is 2.05. The Hall–Kier alpha value is -1.31. The van der Waals surface area contributed by atoms with Crippen LogP contribution >= 0.6 is 0 Å². The maximum atomic E-state index is 10.2. The monoisotopic (exact) mass is 163 g/mol. The maximum Gasteiger partial charge on any atom is 0.303 e. The molecule has 1 aromatic carbocycles. The molecule has 0 amide bonds. The van der Waals surface area contributed by atoms with Gasteiger partial charge in [-0.2, -0.15) is 0 Å². The number of carbonyl (C=O) groups is 1. The minimum Gasteiger partial charge on any atom is -0.481 e. The van der Waals surface area contributed by atoms with E-state index in [9.17, 15) is 4.79 Å². The zero-order valence-electron chi connectivity index (χ0n) is 6.79. The van der Waals surface area contributed by atoms with E-state index >= 15 is 0 Å². The van der Waals surface area contributed by atoms with Crippen LogP contribution in [0.5, 0.6) is 0 Å². The van der Waals surface area contributed by atoms with E-state index in [1.165, 1.54) is 5.56 Å². The van der Waals surface area contributed by atoms with Crippen molar-refractivity contribution in [1.82, 2.24) is 0 Å². The van der Waals surface area contributed by atoms with Crippen LogP contribution in [0.15, 0.2) is 24.3 Å². The van der Waals surface area contributed by atoms with Gasteiger partial charge in [-0.1, -0.05) is 24.3 Å². The molecule has 0 saturated carbocycles. The number of carboxylic acids is 1. The van der Waals surface area contributed by atoms with Gasteiger partial charge in [-0.15, -0.1) is 0 Å². The molecule has 1 radical (unpaired) electrons. The second-order valence-corrected chi connectivity index (χ2v) is 2.66. The molecule has 1 N–H and O–H groups in total. The Labute approximate surface area is 71.8 Å². The molecular formula is C10H11O2. The number of carboxylic acid groups (broad SMARTS) is 1. The molecule has 0 bridgehead atoms. The van der Waals surface area contributed by atoms with Crippen molar-refractivity contribution in [3.63, 3.8) is 0 Å². The molecule has 12 heavy (non-hydrogen) atoms. The summed E-state index contributed by atoms with van der Waals surface area (Å²) in [7, 11) is 0. The van der Waals surface area contributed by atoms with Crippen LogP contribution < -0.4 is 0 Å². The van der Waals surface area contributed by atoms with Crippen LogP contribution in [0.1, 0.15) is 18.4 Å². The van der Waals surface area contributed by atoms with E-state index in [2.05, 4.69) is 6.07 Å². The van der Waals surface area contributed by atoms with Crippen molar-refractivity contribution in [1.29, 1.82) is 0 Å². The highest BCUT2D eigenvalue weighted by Gasteiger charge is 1.96. The molecule has 1 rings (SSSR count). The van der Waals surface area contributed by atoms with Gasteiger partial charge in [0.2, 0.25) is 0 Å². The molecule has 0 fully saturated rings. The van der Waals surface area contributed by atoms with Crippen LogP contribution in [0.3, 0.4) is 0 Å². The van der Waals surface area contributed by atoms with Crippen molar-refractivity contribution in [2.75, 3.05) is 0 Å². The van der Waals surface area contributed by atoms with E-state index < -0.39 is 5.97 Å². The molecule has 0 aliphatic heterocycles. The number of benzene rings is 1. The lowest BCUT2D eigenvalue weighted by Crippen LogP contribution is -1.95. The molecular weight excluding hydrogens is 152 g/mol. The Kier molecular flexibility index (Phi) is 3.33. The van der Waals surface area contributed by atoms with Gasteiger partial charge in [-0.25, -0.2) is 0 Å². The summed E-state index contributed by atoms with van der Waals surface area (Å²) in [4.78, 5) is 10.2. The van der Waals surface area contributed by atoms with Crippen molar-refractivity contribution in [2.24, 2.45) is 0 Å². The third-order valence-corrected chi connectivity index (χ3v) is 1.64. The van der Waals surface area contributed by atoms with E-state index in [0.717, 1.165) is 6.42 Å². The van der Waals surface area contributed by atoms with Crippen LogP contribution in [0.2, 0.25) is 0 Å².